The van der Waals surface area contributed by atoms with Gasteiger partial charge in [0.1, 0.15) is 0 Å². The van der Waals surface area contributed by atoms with E-state index in [1.165, 1.54) is 23.3 Å². The van der Waals surface area contributed by atoms with Crippen LogP contribution in [0.4, 0.5) is 0 Å². The molecule has 1 aromatic rings. The normalized spacial score (nSPS) is 10.3. The second-order valence-corrected chi connectivity index (χ2v) is 6.05. The van der Waals surface area contributed by atoms with E-state index in [-0.39, 0.29) is 0 Å². The fourth-order valence-electron chi connectivity index (χ4n) is 1.82. The van der Waals surface area contributed by atoms with Crippen LogP contribution in [0.3, 0.4) is 0 Å². The summed E-state index contributed by atoms with van der Waals surface area (Å²) in [6.45, 7) is 10.4. The third kappa shape index (κ3) is 10.3. The van der Waals surface area contributed by atoms with Crippen LogP contribution >= 0.6 is 11.9 Å². The lowest BCUT2D eigenvalue weighted by Crippen LogP contribution is -2.06. The van der Waals surface area contributed by atoms with Gasteiger partial charge in [-0.1, -0.05) is 46.2 Å². The number of nitrogens with one attached hydrogen (secondary N) is 1. The molecule has 0 radical (unpaired) electrons. The Bertz CT molecular complexity index is 309. The van der Waals surface area contributed by atoms with Crippen molar-refractivity contribution in [3.05, 3.63) is 29.8 Å². The van der Waals surface area contributed by atoms with Crippen molar-refractivity contribution >= 4 is 11.9 Å². The van der Waals surface area contributed by atoms with E-state index in [4.69, 9.17) is 5.73 Å². The number of unbranched alkanes of at least 4 members (excludes halogenated alkanes) is 2. The molecule has 3 N–H and O–H groups in total. The number of nitrogens with two attached hydrogens (primary N) is 1. The maximum Gasteiger partial charge on any atom is 0.0228 e. The lowest BCUT2D eigenvalue weighted by atomic mass is 10.0. The minimum absolute atomic E-state index is 0.726. The Hall–Kier alpha value is -0.510. The molecule has 116 valence electrons. The van der Waals surface area contributed by atoms with Crippen molar-refractivity contribution in [3.63, 3.8) is 0 Å². The SMILES string of the molecule is CC.CC(C)Cc1ccc(SNCCCCCN)cc1. The summed E-state index contributed by atoms with van der Waals surface area (Å²) < 4.78 is 3.40. The molecule has 0 spiro atoms. The van der Waals surface area contributed by atoms with E-state index < -0.39 is 0 Å². The Balaban J connectivity index is 0.00000172. The summed E-state index contributed by atoms with van der Waals surface area (Å²) >= 11 is 1.72. The van der Waals surface area contributed by atoms with Crippen molar-refractivity contribution in [1.82, 2.24) is 4.72 Å². The van der Waals surface area contributed by atoms with Crippen LogP contribution in [0.15, 0.2) is 29.2 Å². The Morgan fingerprint density at radius 1 is 1.05 bits per heavy atom. The molecule has 0 heterocycles. The Labute approximate surface area is 130 Å². The fourth-order valence-corrected chi connectivity index (χ4v) is 2.50. The van der Waals surface area contributed by atoms with Crippen LogP contribution < -0.4 is 10.5 Å². The molecular weight excluding hydrogens is 264 g/mol. The maximum absolute atomic E-state index is 5.46. The molecule has 20 heavy (non-hydrogen) atoms. The van der Waals surface area contributed by atoms with E-state index in [9.17, 15) is 0 Å². The standard InChI is InChI=1S/C15H26N2S.C2H6/c1-13(2)12-14-6-8-15(9-7-14)18-17-11-5-3-4-10-16;1-2/h6-9,13,17H,3-5,10-12,16H2,1-2H3;1-2H3. The first-order valence-electron chi connectivity index (χ1n) is 7.91. The van der Waals surface area contributed by atoms with Gasteiger partial charge in [0.15, 0.2) is 0 Å². The fraction of sp³-hybridized carbons (Fsp3) is 0.647. The molecule has 2 nitrogen and oxygen atoms in total. The van der Waals surface area contributed by atoms with Crippen LogP contribution in [0.25, 0.3) is 0 Å². The van der Waals surface area contributed by atoms with Gasteiger partial charge in [-0.3, -0.25) is 4.72 Å². The predicted molar refractivity (Wildman–Crippen MR) is 93.1 cm³/mol. The summed E-state index contributed by atoms with van der Waals surface area (Å²) in [5.41, 5.74) is 6.89. The zero-order valence-electron chi connectivity index (χ0n) is 13.6. The first-order valence-corrected chi connectivity index (χ1v) is 8.72. The first-order chi connectivity index (χ1) is 9.72. The van der Waals surface area contributed by atoms with E-state index in [2.05, 4.69) is 42.8 Å². The molecule has 0 aliphatic heterocycles. The second kappa shape index (κ2) is 13.5. The van der Waals surface area contributed by atoms with Gasteiger partial charge in [-0.2, -0.15) is 0 Å². The smallest absolute Gasteiger partial charge is 0.0228 e. The zero-order chi connectivity index (χ0) is 15.2. The molecule has 0 amide bonds. The predicted octanol–water partition coefficient (Wildman–Crippen LogP) is 4.64. The minimum atomic E-state index is 0.726. The van der Waals surface area contributed by atoms with E-state index >= 15 is 0 Å². The van der Waals surface area contributed by atoms with Gasteiger partial charge in [-0.25, -0.2) is 0 Å². The van der Waals surface area contributed by atoms with Crippen molar-refractivity contribution in [2.45, 2.75) is 58.3 Å². The monoisotopic (exact) mass is 296 g/mol. The highest BCUT2D eigenvalue weighted by Crippen LogP contribution is 2.17. The van der Waals surface area contributed by atoms with Gasteiger partial charge in [-0.15, -0.1) is 0 Å². The first kappa shape index (κ1) is 19.5. The maximum atomic E-state index is 5.46. The molecule has 0 aromatic heterocycles. The molecule has 0 bridgehead atoms. The van der Waals surface area contributed by atoms with Crippen molar-refractivity contribution in [3.8, 4) is 0 Å². The second-order valence-electron chi connectivity index (χ2n) is 5.09. The molecule has 1 rings (SSSR count). The van der Waals surface area contributed by atoms with Gasteiger partial charge in [0.2, 0.25) is 0 Å². The third-order valence-corrected chi connectivity index (χ3v) is 3.60. The number of rotatable bonds is 9. The van der Waals surface area contributed by atoms with Crippen molar-refractivity contribution in [2.75, 3.05) is 13.1 Å². The lowest BCUT2D eigenvalue weighted by molar-refractivity contribution is 0.647. The molecule has 0 aliphatic rings. The van der Waals surface area contributed by atoms with Gasteiger partial charge < -0.3 is 5.73 Å². The Morgan fingerprint density at radius 3 is 2.25 bits per heavy atom. The molecule has 0 saturated carbocycles. The van der Waals surface area contributed by atoms with Crippen molar-refractivity contribution < 1.29 is 0 Å². The van der Waals surface area contributed by atoms with E-state index in [1.807, 2.05) is 13.8 Å². The summed E-state index contributed by atoms with van der Waals surface area (Å²) in [4.78, 5) is 1.29. The van der Waals surface area contributed by atoms with Gasteiger partial charge in [0.05, 0.1) is 0 Å². The summed E-state index contributed by atoms with van der Waals surface area (Å²) in [5, 5.41) is 0. The van der Waals surface area contributed by atoms with Crippen LogP contribution in [0.5, 0.6) is 0 Å². The largest absolute Gasteiger partial charge is 0.330 e. The highest BCUT2D eigenvalue weighted by Gasteiger charge is 1.98. The highest BCUT2D eigenvalue weighted by molar-refractivity contribution is 7.97. The molecule has 0 aliphatic carbocycles. The van der Waals surface area contributed by atoms with Crippen molar-refractivity contribution in [2.24, 2.45) is 11.7 Å². The molecule has 0 atom stereocenters. The highest BCUT2D eigenvalue weighted by atomic mass is 32.2. The quantitative estimate of drug-likeness (QED) is 0.515. The van der Waals surface area contributed by atoms with Crippen molar-refractivity contribution in [1.29, 1.82) is 0 Å². The lowest BCUT2D eigenvalue weighted by Gasteiger charge is -2.07. The van der Waals surface area contributed by atoms with Gasteiger partial charge in [-0.05, 0) is 61.4 Å². The number of hydrogen-bond acceptors (Lipinski definition) is 3. The Kier molecular flexibility index (Phi) is 13.1. The van der Waals surface area contributed by atoms with Crippen LogP contribution in [0, 0.1) is 5.92 Å². The molecular formula is C17H32N2S. The van der Waals surface area contributed by atoms with Gasteiger partial charge in [0, 0.05) is 11.4 Å². The molecule has 0 unspecified atom stereocenters. The number of benzene rings is 1. The van der Waals surface area contributed by atoms with Gasteiger partial charge >= 0.3 is 0 Å². The van der Waals surface area contributed by atoms with Crippen LogP contribution in [-0.2, 0) is 6.42 Å². The minimum Gasteiger partial charge on any atom is -0.330 e. The average Bonchev–Trinajstić information content (AvgIpc) is 2.46. The number of hydrogen-bond donors (Lipinski definition) is 2. The zero-order valence-corrected chi connectivity index (χ0v) is 14.4. The summed E-state index contributed by atoms with van der Waals surface area (Å²) in [6.07, 6.45) is 4.72. The van der Waals surface area contributed by atoms with E-state index in [1.54, 1.807) is 11.9 Å². The topological polar surface area (TPSA) is 38.0 Å². The van der Waals surface area contributed by atoms with Crippen LogP contribution in [0.2, 0.25) is 0 Å². The summed E-state index contributed by atoms with van der Waals surface area (Å²) in [7, 11) is 0. The van der Waals surface area contributed by atoms with Crippen LogP contribution in [0.1, 0.15) is 52.5 Å². The third-order valence-electron chi connectivity index (χ3n) is 2.74. The van der Waals surface area contributed by atoms with E-state index in [0.717, 1.165) is 31.8 Å². The average molecular weight is 297 g/mol. The van der Waals surface area contributed by atoms with Gasteiger partial charge in [0.25, 0.3) is 0 Å². The Morgan fingerprint density at radius 2 is 1.70 bits per heavy atom. The molecule has 0 fully saturated rings. The van der Waals surface area contributed by atoms with E-state index in [0.29, 0.717) is 0 Å². The molecule has 3 heteroatoms. The summed E-state index contributed by atoms with van der Waals surface area (Å²) in [5.74, 6) is 0.726. The molecule has 0 saturated heterocycles. The summed E-state index contributed by atoms with van der Waals surface area (Å²) in [6, 6.07) is 8.88. The van der Waals surface area contributed by atoms with Crippen LogP contribution in [-0.4, -0.2) is 13.1 Å². The molecule has 1 aromatic carbocycles.